The highest BCUT2D eigenvalue weighted by atomic mass is 35.5. The summed E-state index contributed by atoms with van der Waals surface area (Å²) in [6.45, 7) is 5.34. The zero-order valence-electron chi connectivity index (χ0n) is 10.5. The summed E-state index contributed by atoms with van der Waals surface area (Å²) in [7, 11) is 1.71. The number of anilines is 1. The van der Waals surface area contributed by atoms with Crippen molar-refractivity contribution >= 4 is 17.3 Å². The third-order valence-electron chi connectivity index (χ3n) is 3.26. The predicted molar refractivity (Wildman–Crippen MR) is 71.9 cm³/mol. The van der Waals surface area contributed by atoms with E-state index in [1.54, 1.807) is 13.2 Å². The SMILES string of the molecule is COCCN1CCN(c2cccc(F)c2Cl)CC1. The van der Waals surface area contributed by atoms with Gasteiger partial charge in [0.1, 0.15) is 5.82 Å². The molecule has 0 aromatic heterocycles. The second-order valence-corrected chi connectivity index (χ2v) is 4.77. The molecule has 1 aromatic rings. The summed E-state index contributed by atoms with van der Waals surface area (Å²) in [5, 5.41) is 0.225. The number of rotatable bonds is 4. The summed E-state index contributed by atoms with van der Waals surface area (Å²) in [6.07, 6.45) is 0. The lowest BCUT2D eigenvalue weighted by atomic mass is 10.2. The molecule has 1 heterocycles. The maximum Gasteiger partial charge on any atom is 0.143 e. The molecule has 0 amide bonds. The first kappa shape index (κ1) is 13.6. The Morgan fingerprint density at radius 2 is 2.00 bits per heavy atom. The van der Waals surface area contributed by atoms with E-state index < -0.39 is 0 Å². The first-order valence-corrected chi connectivity index (χ1v) is 6.50. The monoisotopic (exact) mass is 272 g/mol. The van der Waals surface area contributed by atoms with Gasteiger partial charge in [-0.3, -0.25) is 4.90 Å². The van der Waals surface area contributed by atoms with Crippen LogP contribution in [0.2, 0.25) is 5.02 Å². The Morgan fingerprint density at radius 1 is 1.28 bits per heavy atom. The third kappa shape index (κ3) is 3.13. The smallest absolute Gasteiger partial charge is 0.143 e. The quantitative estimate of drug-likeness (QED) is 0.836. The van der Waals surface area contributed by atoms with Gasteiger partial charge in [-0.25, -0.2) is 4.39 Å². The molecule has 1 aliphatic rings. The van der Waals surface area contributed by atoms with Crippen molar-refractivity contribution in [2.75, 3.05) is 51.3 Å². The Labute approximate surface area is 112 Å². The fraction of sp³-hybridized carbons (Fsp3) is 0.538. The van der Waals surface area contributed by atoms with E-state index in [0.717, 1.165) is 45.0 Å². The van der Waals surface area contributed by atoms with Crippen LogP contribution in [0.15, 0.2) is 18.2 Å². The molecule has 3 nitrogen and oxygen atoms in total. The van der Waals surface area contributed by atoms with Gasteiger partial charge in [0, 0.05) is 39.8 Å². The van der Waals surface area contributed by atoms with Crippen molar-refractivity contribution in [3.63, 3.8) is 0 Å². The van der Waals surface area contributed by atoms with Gasteiger partial charge in [0.2, 0.25) is 0 Å². The van der Waals surface area contributed by atoms with Crippen LogP contribution in [0.5, 0.6) is 0 Å². The standard InChI is InChI=1S/C13H18ClFN2O/c1-18-10-9-16-5-7-17(8-6-16)12-4-2-3-11(15)13(12)14/h2-4H,5-10H2,1H3. The highest BCUT2D eigenvalue weighted by Gasteiger charge is 2.19. The molecule has 1 aliphatic heterocycles. The topological polar surface area (TPSA) is 15.7 Å². The molecule has 0 saturated carbocycles. The minimum absolute atomic E-state index is 0.225. The van der Waals surface area contributed by atoms with Crippen molar-refractivity contribution in [1.82, 2.24) is 4.90 Å². The van der Waals surface area contributed by atoms with Gasteiger partial charge in [-0.15, -0.1) is 0 Å². The molecule has 0 atom stereocenters. The summed E-state index contributed by atoms with van der Waals surface area (Å²) in [4.78, 5) is 4.47. The second-order valence-electron chi connectivity index (χ2n) is 4.39. The van der Waals surface area contributed by atoms with E-state index in [-0.39, 0.29) is 10.8 Å². The number of hydrogen-bond donors (Lipinski definition) is 0. The predicted octanol–water partition coefficient (Wildman–Crippen LogP) is 2.25. The normalized spacial score (nSPS) is 17.2. The third-order valence-corrected chi connectivity index (χ3v) is 3.63. The summed E-state index contributed by atoms with van der Waals surface area (Å²) in [5.74, 6) is -0.351. The molecule has 1 saturated heterocycles. The minimum Gasteiger partial charge on any atom is -0.383 e. The van der Waals surface area contributed by atoms with E-state index in [0.29, 0.717) is 0 Å². The maximum atomic E-state index is 13.4. The van der Waals surface area contributed by atoms with E-state index in [1.807, 2.05) is 6.07 Å². The van der Waals surface area contributed by atoms with Crippen LogP contribution in [0.25, 0.3) is 0 Å². The number of benzene rings is 1. The lowest BCUT2D eigenvalue weighted by Crippen LogP contribution is -2.47. The number of hydrogen-bond acceptors (Lipinski definition) is 3. The van der Waals surface area contributed by atoms with Crippen LogP contribution >= 0.6 is 11.6 Å². The van der Waals surface area contributed by atoms with Crippen molar-refractivity contribution < 1.29 is 9.13 Å². The number of nitrogens with zero attached hydrogens (tertiary/aromatic N) is 2. The minimum atomic E-state index is -0.351. The summed E-state index contributed by atoms with van der Waals surface area (Å²) in [6, 6.07) is 4.96. The Balaban J connectivity index is 1.95. The molecule has 5 heteroatoms. The van der Waals surface area contributed by atoms with E-state index in [1.165, 1.54) is 6.07 Å². The Kier molecular flexibility index (Phi) is 4.80. The van der Waals surface area contributed by atoms with E-state index in [4.69, 9.17) is 16.3 Å². The zero-order chi connectivity index (χ0) is 13.0. The van der Waals surface area contributed by atoms with E-state index in [9.17, 15) is 4.39 Å². The lowest BCUT2D eigenvalue weighted by molar-refractivity contribution is 0.144. The second kappa shape index (κ2) is 6.36. The molecule has 0 aliphatic carbocycles. The zero-order valence-corrected chi connectivity index (χ0v) is 11.3. The number of piperazine rings is 1. The molecule has 1 aromatic carbocycles. The Morgan fingerprint density at radius 3 is 2.67 bits per heavy atom. The summed E-state index contributed by atoms with van der Waals surface area (Å²) in [5.41, 5.74) is 0.794. The number of halogens is 2. The molecule has 0 radical (unpaired) electrons. The molecule has 0 unspecified atom stereocenters. The van der Waals surface area contributed by atoms with Gasteiger partial charge in [0.25, 0.3) is 0 Å². The molecule has 0 bridgehead atoms. The Bertz CT molecular complexity index is 395. The molecule has 1 fully saturated rings. The number of methoxy groups -OCH3 is 1. The summed E-state index contributed by atoms with van der Waals surface area (Å²) >= 11 is 6.00. The van der Waals surface area contributed by atoms with Crippen LogP contribution in [-0.4, -0.2) is 51.3 Å². The highest BCUT2D eigenvalue weighted by Crippen LogP contribution is 2.28. The Hall–Kier alpha value is -0.840. The highest BCUT2D eigenvalue weighted by molar-refractivity contribution is 6.33. The molecule has 18 heavy (non-hydrogen) atoms. The van der Waals surface area contributed by atoms with Gasteiger partial charge in [-0.2, -0.15) is 0 Å². The van der Waals surface area contributed by atoms with Crippen LogP contribution < -0.4 is 4.90 Å². The van der Waals surface area contributed by atoms with Gasteiger partial charge in [-0.05, 0) is 12.1 Å². The average molecular weight is 273 g/mol. The van der Waals surface area contributed by atoms with Gasteiger partial charge in [0.15, 0.2) is 0 Å². The van der Waals surface area contributed by atoms with E-state index >= 15 is 0 Å². The van der Waals surface area contributed by atoms with Crippen LogP contribution in [0, 0.1) is 5.82 Å². The van der Waals surface area contributed by atoms with E-state index in [2.05, 4.69) is 9.80 Å². The van der Waals surface area contributed by atoms with Crippen LogP contribution in [0.3, 0.4) is 0 Å². The fourth-order valence-corrected chi connectivity index (χ4v) is 2.41. The lowest BCUT2D eigenvalue weighted by Gasteiger charge is -2.36. The van der Waals surface area contributed by atoms with Crippen molar-refractivity contribution in [3.8, 4) is 0 Å². The van der Waals surface area contributed by atoms with Gasteiger partial charge < -0.3 is 9.64 Å². The first-order valence-electron chi connectivity index (χ1n) is 6.12. The summed E-state index contributed by atoms with van der Waals surface area (Å²) < 4.78 is 18.5. The fourth-order valence-electron chi connectivity index (χ4n) is 2.17. The molecule has 0 N–H and O–H groups in total. The molecular formula is C13H18ClFN2O. The molecular weight excluding hydrogens is 255 g/mol. The molecule has 100 valence electrons. The van der Waals surface area contributed by atoms with Crippen LogP contribution in [0.4, 0.5) is 10.1 Å². The molecule has 0 spiro atoms. The van der Waals surface area contributed by atoms with Crippen LogP contribution in [0.1, 0.15) is 0 Å². The first-order chi connectivity index (χ1) is 8.72. The molecule has 2 rings (SSSR count). The van der Waals surface area contributed by atoms with Gasteiger partial charge in [0.05, 0.1) is 17.3 Å². The maximum absolute atomic E-state index is 13.4. The van der Waals surface area contributed by atoms with Gasteiger partial charge >= 0.3 is 0 Å². The largest absolute Gasteiger partial charge is 0.383 e. The average Bonchev–Trinajstić information content (AvgIpc) is 2.40. The number of ether oxygens (including phenoxy) is 1. The van der Waals surface area contributed by atoms with Crippen molar-refractivity contribution in [2.24, 2.45) is 0 Å². The van der Waals surface area contributed by atoms with Crippen LogP contribution in [-0.2, 0) is 4.74 Å². The van der Waals surface area contributed by atoms with Crippen molar-refractivity contribution in [2.45, 2.75) is 0 Å². The van der Waals surface area contributed by atoms with Gasteiger partial charge in [-0.1, -0.05) is 17.7 Å². The van der Waals surface area contributed by atoms with Crippen molar-refractivity contribution in [3.05, 3.63) is 29.0 Å². The van der Waals surface area contributed by atoms with Crippen molar-refractivity contribution in [1.29, 1.82) is 0 Å².